The fourth-order valence-electron chi connectivity index (χ4n) is 7.96. The van der Waals surface area contributed by atoms with Crippen molar-refractivity contribution in [3.05, 3.63) is 60.8 Å². The monoisotopic (exact) mass is 895 g/mol. The summed E-state index contributed by atoms with van der Waals surface area (Å²) in [6, 6.07) is -0.863. The third-order valence-electron chi connectivity index (χ3n) is 12.1. The van der Waals surface area contributed by atoms with Gasteiger partial charge in [-0.25, -0.2) is 4.79 Å². The highest BCUT2D eigenvalue weighted by atomic mass is 16.5. The Morgan fingerprint density at radius 2 is 0.812 bits per heavy atom. The Hall–Kier alpha value is -2.93. The number of carbonyl (C=O) groups is 3. The van der Waals surface area contributed by atoms with Crippen LogP contribution in [-0.2, 0) is 19.1 Å². The molecule has 0 fully saturated rings. The smallest absolute Gasteiger partial charge is 0.326 e. The van der Waals surface area contributed by atoms with Crippen LogP contribution in [0.1, 0.15) is 264 Å². The molecule has 0 aliphatic rings. The summed E-state index contributed by atoms with van der Waals surface area (Å²) in [4.78, 5) is 36.6. The topological polar surface area (TPSA) is 119 Å². The van der Waals surface area contributed by atoms with Crippen LogP contribution in [0.4, 0.5) is 0 Å². The minimum absolute atomic E-state index is 0.0179. The molecule has 0 aromatic rings. The first-order valence-corrected chi connectivity index (χ1v) is 27.1. The van der Waals surface area contributed by atoms with Crippen LogP contribution in [0.15, 0.2) is 60.8 Å². The Bertz CT molecular complexity index is 1190. The first-order valence-electron chi connectivity index (χ1n) is 27.1. The zero-order valence-electron chi connectivity index (χ0n) is 41.9. The average molecular weight is 895 g/mol. The quantitative estimate of drug-likeness (QED) is 0.0318. The lowest BCUT2D eigenvalue weighted by molar-refractivity contribution is -0.150. The van der Waals surface area contributed by atoms with Crippen molar-refractivity contribution in [3.8, 4) is 0 Å². The predicted octanol–water partition coefficient (Wildman–Crippen LogP) is 16.5. The second-order valence-electron chi connectivity index (χ2n) is 18.3. The molecule has 64 heavy (non-hydrogen) atoms. The van der Waals surface area contributed by atoms with E-state index in [0.29, 0.717) is 32.2 Å². The lowest BCUT2D eigenvalue weighted by Crippen LogP contribution is -2.40. The van der Waals surface area contributed by atoms with Gasteiger partial charge in [0.2, 0.25) is 5.91 Å². The van der Waals surface area contributed by atoms with E-state index < -0.39 is 12.0 Å². The van der Waals surface area contributed by atoms with Crippen molar-refractivity contribution < 1.29 is 24.2 Å². The van der Waals surface area contributed by atoms with Crippen molar-refractivity contribution in [1.82, 2.24) is 5.32 Å². The number of hydrogen-bond acceptors (Lipinski definition) is 5. The van der Waals surface area contributed by atoms with Crippen LogP contribution in [-0.4, -0.2) is 41.6 Å². The van der Waals surface area contributed by atoms with E-state index in [-0.39, 0.29) is 18.0 Å². The lowest BCUT2D eigenvalue weighted by atomic mass is 10.0. The van der Waals surface area contributed by atoms with E-state index in [9.17, 15) is 19.5 Å². The molecule has 370 valence electrons. The largest absolute Gasteiger partial charge is 0.480 e. The SMILES string of the molecule is CCCCCCC/C=C\C/C=C\C/C=C\CCCCCCCCCCC(=O)OC(CCCCC/C=C\C/C=C\CCCCCCC)CCCCCCCC(=O)NC(CCCN)C(=O)O. The van der Waals surface area contributed by atoms with Crippen LogP contribution in [0.2, 0.25) is 0 Å². The maximum atomic E-state index is 12.9. The molecule has 0 spiro atoms. The number of hydrogen-bond donors (Lipinski definition) is 3. The van der Waals surface area contributed by atoms with Crippen LogP contribution in [0.3, 0.4) is 0 Å². The molecule has 0 saturated carbocycles. The molecular formula is C57H102N2O5. The molecule has 7 heteroatoms. The van der Waals surface area contributed by atoms with Crippen LogP contribution >= 0.6 is 0 Å². The first-order chi connectivity index (χ1) is 31.4. The number of nitrogens with two attached hydrogens (primary N) is 1. The van der Waals surface area contributed by atoms with Gasteiger partial charge in [0.1, 0.15) is 12.1 Å². The Labute approximate surface area is 395 Å². The molecule has 2 atom stereocenters. The third kappa shape index (κ3) is 47.0. The van der Waals surface area contributed by atoms with Crippen LogP contribution in [0.25, 0.3) is 0 Å². The van der Waals surface area contributed by atoms with Gasteiger partial charge in [0, 0.05) is 12.8 Å². The molecule has 0 aliphatic carbocycles. The zero-order chi connectivity index (χ0) is 46.7. The van der Waals surface area contributed by atoms with Gasteiger partial charge in [0.15, 0.2) is 0 Å². The fraction of sp³-hybridized carbons (Fsp3) is 0.772. The zero-order valence-corrected chi connectivity index (χ0v) is 41.9. The molecule has 0 aromatic carbocycles. The fourth-order valence-corrected chi connectivity index (χ4v) is 7.96. The number of carbonyl (C=O) groups excluding carboxylic acids is 2. The molecule has 0 heterocycles. The molecule has 0 saturated heterocycles. The number of aliphatic carboxylic acids is 1. The number of carboxylic acids is 1. The standard InChI is InChI=1S/C57H102N2O5/c1-3-5-7-9-11-13-15-17-19-20-21-22-23-24-25-26-28-30-32-34-36-41-45-51-56(61)64-53(47-42-38-35-33-31-29-27-18-16-14-12-10-8-6-4-2)48-43-39-37-40-44-50-55(60)59-54(57(62)63)49-46-52-58/h15-18,20-21,23-24,29,31,53-54H,3-14,19,22,25-28,30,32-52,58H2,1-2H3,(H,59,60)(H,62,63)/b17-15-,18-16-,21-20-,24-23-,31-29-. The molecule has 2 unspecified atom stereocenters. The molecule has 0 aromatic heterocycles. The van der Waals surface area contributed by atoms with Gasteiger partial charge in [0.05, 0.1) is 0 Å². The van der Waals surface area contributed by atoms with E-state index in [2.05, 4.69) is 79.9 Å². The van der Waals surface area contributed by atoms with Gasteiger partial charge < -0.3 is 20.9 Å². The second kappa shape index (κ2) is 51.1. The number of rotatable bonds is 49. The van der Waals surface area contributed by atoms with Crippen molar-refractivity contribution in [2.24, 2.45) is 5.73 Å². The molecule has 0 aliphatic heterocycles. The van der Waals surface area contributed by atoms with Crippen molar-refractivity contribution in [3.63, 3.8) is 0 Å². The lowest BCUT2D eigenvalue weighted by Gasteiger charge is -2.18. The second-order valence-corrected chi connectivity index (χ2v) is 18.3. The van der Waals surface area contributed by atoms with Crippen molar-refractivity contribution in [2.45, 2.75) is 276 Å². The van der Waals surface area contributed by atoms with Crippen LogP contribution in [0, 0.1) is 0 Å². The number of allylic oxidation sites excluding steroid dienone is 10. The maximum absolute atomic E-state index is 12.9. The van der Waals surface area contributed by atoms with E-state index in [1.165, 1.54) is 128 Å². The minimum Gasteiger partial charge on any atom is -0.480 e. The number of unbranched alkanes of at least 4 members (excludes halogenated alkanes) is 25. The Morgan fingerprint density at radius 1 is 0.453 bits per heavy atom. The summed E-state index contributed by atoms with van der Waals surface area (Å²) in [7, 11) is 0. The van der Waals surface area contributed by atoms with E-state index >= 15 is 0 Å². The van der Waals surface area contributed by atoms with Gasteiger partial charge in [-0.3, -0.25) is 9.59 Å². The number of esters is 1. The Balaban J connectivity index is 4.31. The predicted molar refractivity (Wildman–Crippen MR) is 276 cm³/mol. The van der Waals surface area contributed by atoms with Crippen molar-refractivity contribution >= 4 is 17.8 Å². The molecule has 0 radical (unpaired) electrons. The maximum Gasteiger partial charge on any atom is 0.326 e. The summed E-state index contributed by atoms with van der Waals surface area (Å²) in [5, 5.41) is 12.0. The summed E-state index contributed by atoms with van der Waals surface area (Å²) < 4.78 is 6.08. The van der Waals surface area contributed by atoms with Crippen molar-refractivity contribution in [2.75, 3.05) is 6.54 Å². The Kier molecular flexibility index (Phi) is 48.7. The van der Waals surface area contributed by atoms with Crippen LogP contribution in [0.5, 0.6) is 0 Å². The normalized spacial score (nSPS) is 13.0. The highest BCUT2D eigenvalue weighted by molar-refractivity contribution is 5.83. The molecule has 0 rings (SSSR count). The molecule has 0 bridgehead atoms. The summed E-state index contributed by atoms with van der Waals surface area (Å²) in [6.45, 7) is 4.94. The van der Waals surface area contributed by atoms with Gasteiger partial charge >= 0.3 is 11.9 Å². The summed E-state index contributed by atoms with van der Waals surface area (Å²) in [5.74, 6) is -1.25. The average Bonchev–Trinajstić information content (AvgIpc) is 3.28. The van der Waals surface area contributed by atoms with E-state index in [4.69, 9.17) is 10.5 Å². The molecule has 1 amide bonds. The Morgan fingerprint density at radius 3 is 1.23 bits per heavy atom. The number of amides is 1. The highest BCUT2D eigenvalue weighted by Crippen LogP contribution is 2.19. The van der Waals surface area contributed by atoms with Gasteiger partial charge in [-0.2, -0.15) is 0 Å². The number of carboxylic acid groups (broad SMARTS) is 1. The molecule has 7 nitrogen and oxygen atoms in total. The molecular weight excluding hydrogens is 793 g/mol. The van der Waals surface area contributed by atoms with E-state index in [1.807, 2.05) is 0 Å². The minimum atomic E-state index is -1.01. The number of nitrogens with one attached hydrogen (secondary N) is 1. The van der Waals surface area contributed by atoms with Crippen molar-refractivity contribution in [1.29, 1.82) is 0 Å². The van der Waals surface area contributed by atoms with Gasteiger partial charge in [-0.05, 0) is 129 Å². The van der Waals surface area contributed by atoms with Crippen LogP contribution < -0.4 is 11.1 Å². The highest BCUT2D eigenvalue weighted by Gasteiger charge is 2.19. The summed E-state index contributed by atoms with van der Waals surface area (Å²) in [6.07, 6.45) is 65.7. The summed E-state index contributed by atoms with van der Waals surface area (Å²) >= 11 is 0. The van der Waals surface area contributed by atoms with Gasteiger partial charge in [0.25, 0.3) is 0 Å². The third-order valence-corrected chi connectivity index (χ3v) is 12.1. The van der Waals surface area contributed by atoms with Gasteiger partial charge in [-0.15, -0.1) is 0 Å². The van der Waals surface area contributed by atoms with E-state index in [1.54, 1.807) is 0 Å². The van der Waals surface area contributed by atoms with E-state index in [0.717, 1.165) is 96.3 Å². The number of ether oxygens (including phenoxy) is 1. The first kappa shape index (κ1) is 61.1. The van der Waals surface area contributed by atoms with Gasteiger partial charge in [-0.1, -0.05) is 190 Å². The summed E-state index contributed by atoms with van der Waals surface area (Å²) in [5.41, 5.74) is 5.50. The molecule has 4 N–H and O–H groups in total.